The summed E-state index contributed by atoms with van der Waals surface area (Å²) in [6.07, 6.45) is 2.98. The molecule has 0 saturated heterocycles. The number of amides is 1. The minimum absolute atomic E-state index is 0.0646. The molecule has 0 radical (unpaired) electrons. The number of benzene rings is 1. The van der Waals surface area contributed by atoms with Crippen LogP contribution in [-0.2, 0) is 17.6 Å². The number of para-hydroxylation sites is 2. The highest BCUT2D eigenvalue weighted by Crippen LogP contribution is 2.36. The lowest BCUT2D eigenvalue weighted by atomic mass is 10.2. The monoisotopic (exact) mass is 497 g/mol. The SMILES string of the molecule is COc1ccccc1-n1c(SCC(=O)NC(C)c2cccs2)nc2sc3c(c2c1=O)CCC3. The number of aryl methyl sites for hydroxylation is 2. The maximum Gasteiger partial charge on any atom is 0.267 e. The molecule has 0 fully saturated rings. The van der Waals surface area contributed by atoms with Crippen LogP contribution < -0.4 is 15.6 Å². The molecule has 1 aromatic carbocycles. The van der Waals surface area contributed by atoms with Crippen LogP contribution in [0.2, 0.25) is 0 Å². The zero-order valence-corrected chi connectivity index (χ0v) is 20.7. The van der Waals surface area contributed by atoms with Crippen molar-refractivity contribution in [3.05, 3.63) is 67.4 Å². The van der Waals surface area contributed by atoms with E-state index in [4.69, 9.17) is 9.72 Å². The third-order valence-electron chi connectivity index (χ3n) is 5.71. The molecule has 4 aromatic rings. The lowest BCUT2D eigenvalue weighted by Gasteiger charge is -2.16. The lowest BCUT2D eigenvalue weighted by Crippen LogP contribution is -2.28. The van der Waals surface area contributed by atoms with Gasteiger partial charge in [-0.1, -0.05) is 30.0 Å². The van der Waals surface area contributed by atoms with Crippen molar-refractivity contribution in [2.75, 3.05) is 12.9 Å². The molecule has 170 valence electrons. The molecule has 9 heteroatoms. The number of ether oxygens (including phenoxy) is 1. The number of rotatable bonds is 7. The Morgan fingerprint density at radius 3 is 2.91 bits per heavy atom. The van der Waals surface area contributed by atoms with Crippen LogP contribution >= 0.6 is 34.4 Å². The van der Waals surface area contributed by atoms with Crippen LogP contribution in [0.4, 0.5) is 0 Å². The van der Waals surface area contributed by atoms with Crippen molar-refractivity contribution in [1.82, 2.24) is 14.9 Å². The Kier molecular flexibility index (Phi) is 6.27. The van der Waals surface area contributed by atoms with Crippen LogP contribution in [0.15, 0.2) is 51.7 Å². The van der Waals surface area contributed by atoms with Crippen LogP contribution in [0.25, 0.3) is 15.9 Å². The average molecular weight is 498 g/mol. The van der Waals surface area contributed by atoms with Gasteiger partial charge in [0.2, 0.25) is 5.91 Å². The quantitative estimate of drug-likeness (QED) is 0.288. The minimum Gasteiger partial charge on any atom is -0.495 e. The fourth-order valence-corrected chi connectivity index (χ4v) is 7.02. The summed E-state index contributed by atoms with van der Waals surface area (Å²) in [5.74, 6) is 0.647. The Bertz CT molecular complexity index is 1380. The summed E-state index contributed by atoms with van der Waals surface area (Å²) in [6.45, 7) is 1.97. The van der Waals surface area contributed by atoms with E-state index in [2.05, 4.69) is 5.32 Å². The molecule has 0 spiro atoms. The van der Waals surface area contributed by atoms with E-state index >= 15 is 0 Å². The van der Waals surface area contributed by atoms with Crippen LogP contribution in [0.5, 0.6) is 5.75 Å². The molecular weight excluding hydrogens is 474 g/mol. The molecule has 1 unspecified atom stereocenters. The fourth-order valence-electron chi connectivity index (χ4n) is 4.17. The molecule has 1 aliphatic carbocycles. The molecule has 0 aliphatic heterocycles. The Labute approximate surface area is 203 Å². The Hall–Kier alpha value is -2.62. The van der Waals surface area contributed by atoms with Gasteiger partial charge in [0, 0.05) is 9.75 Å². The minimum atomic E-state index is -0.101. The van der Waals surface area contributed by atoms with Crippen molar-refractivity contribution in [3.63, 3.8) is 0 Å². The molecule has 0 bridgehead atoms. The second-order valence-electron chi connectivity index (χ2n) is 7.84. The van der Waals surface area contributed by atoms with Crippen LogP contribution in [0, 0.1) is 0 Å². The number of hydrogen-bond donors (Lipinski definition) is 1. The zero-order chi connectivity index (χ0) is 22.9. The topological polar surface area (TPSA) is 73.2 Å². The predicted molar refractivity (Wildman–Crippen MR) is 135 cm³/mol. The van der Waals surface area contributed by atoms with Crippen molar-refractivity contribution in [1.29, 1.82) is 0 Å². The maximum atomic E-state index is 13.8. The van der Waals surface area contributed by atoms with E-state index in [1.54, 1.807) is 34.4 Å². The average Bonchev–Trinajstić information content (AvgIpc) is 3.55. The fraction of sp³-hybridized carbons (Fsp3) is 0.292. The van der Waals surface area contributed by atoms with Crippen LogP contribution in [0.3, 0.4) is 0 Å². The molecule has 1 atom stereocenters. The number of methoxy groups -OCH3 is 1. The van der Waals surface area contributed by atoms with Crippen LogP contribution in [-0.4, -0.2) is 28.3 Å². The van der Waals surface area contributed by atoms with Gasteiger partial charge in [-0.2, -0.15) is 0 Å². The molecule has 3 heterocycles. The highest BCUT2D eigenvalue weighted by molar-refractivity contribution is 7.99. The van der Waals surface area contributed by atoms with Gasteiger partial charge in [-0.3, -0.25) is 14.2 Å². The lowest BCUT2D eigenvalue weighted by molar-refractivity contribution is -0.119. The van der Waals surface area contributed by atoms with E-state index in [0.717, 1.165) is 34.5 Å². The number of hydrogen-bond acceptors (Lipinski definition) is 7. The largest absolute Gasteiger partial charge is 0.495 e. The second kappa shape index (κ2) is 9.32. The highest BCUT2D eigenvalue weighted by atomic mass is 32.2. The molecule has 1 amide bonds. The molecule has 1 N–H and O–H groups in total. The summed E-state index contributed by atoms with van der Waals surface area (Å²) in [4.78, 5) is 34.4. The highest BCUT2D eigenvalue weighted by Gasteiger charge is 2.25. The normalized spacial score (nSPS) is 13.8. The van der Waals surface area contributed by atoms with E-state index in [0.29, 0.717) is 22.0 Å². The van der Waals surface area contributed by atoms with E-state index in [-0.39, 0.29) is 23.3 Å². The smallest absolute Gasteiger partial charge is 0.267 e. The third kappa shape index (κ3) is 4.20. The molecule has 1 aliphatic rings. The summed E-state index contributed by atoms with van der Waals surface area (Å²) >= 11 is 4.49. The van der Waals surface area contributed by atoms with Crippen molar-refractivity contribution in [2.45, 2.75) is 37.4 Å². The van der Waals surface area contributed by atoms with Crippen molar-refractivity contribution >= 4 is 50.6 Å². The van der Waals surface area contributed by atoms with Gasteiger partial charge in [0.15, 0.2) is 5.16 Å². The number of aromatic nitrogens is 2. The van der Waals surface area contributed by atoms with Gasteiger partial charge < -0.3 is 10.1 Å². The van der Waals surface area contributed by atoms with Gasteiger partial charge in [-0.15, -0.1) is 22.7 Å². The van der Waals surface area contributed by atoms with Gasteiger partial charge in [0.1, 0.15) is 10.6 Å². The van der Waals surface area contributed by atoms with Gasteiger partial charge in [-0.05, 0) is 55.3 Å². The maximum absolute atomic E-state index is 13.8. The number of carbonyl (C=O) groups excluding carboxylic acids is 1. The molecule has 3 aromatic heterocycles. The summed E-state index contributed by atoms with van der Waals surface area (Å²) in [7, 11) is 1.59. The molecular formula is C24H23N3O3S3. The first-order chi connectivity index (χ1) is 16.1. The first kappa shape index (κ1) is 22.2. The number of nitrogens with zero attached hydrogens (tertiary/aromatic N) is 2. The standard InChI is InChI=1S/C24H23N3O3S3/c1-14(18-11-6-12-31-18)25-20(28)13-32-24-26-22-21(15-7-5-10-19(15)33-22)23(29)27(24)16-8-3-4-9-17(16)30-2/h3-4,6,8-9,11-12,14H,5,7,10,13H2,1-2H3,(H,25,28). The zero-order valence-electron chi connectivity index (χ0n) is 18.3. The van der Waals surface area contributed by atoms with E-state index in [1.165, 1.54) is 16.6 Å². The Morgan fingerprint density at radius 1 is 1.27 bits per heavy atom. The Balaban J connectivity index is 1.52. The summed E-state index contributed by atoms with van der Waals surface area (Å²) in [5, 5.41) is 6.23. The third-order valence-corrected chi connectivity index (χ3v) is 8.89. The molecule has 0 saturated carbocycles. The van der Waals surface area contributed by atoms with E-state index in [9.17, 15) is 9.59 Å². The first-order valence-electron chi connectivity index (χ1n) is 10.7. The number of thiophene rings is 2. The number of thioether (sulfide) groups is 1. The number of nitrogens with one attached hydrogen (secondary N) is 1. The summed E-state index contributed by atoms with van der Waals surface area (Å²) in [5.41, 5.74) is 1.67. The van der Waals surface area contributed by atoms with Gasteiger partial charge in [0.05, 0.1) is 30.0 Å². The van der Waals surface area contributed by atoms with Gasteiger partial charge in [-0.25, -0.2) is 4.98 Å². The molecule has 5 rings (SSSR count). The van der Waals surface area contributed by atoms with Crippen molar-refractivity contribution in [3.8, 4) is 11.4 Å². The van der Waals surface area contributed by atoms with E-state index in [1.807, 2.05) is 48.7 Å². The number of fused-ring (bicyclic) bond motifs is 3. The number of carbonyl (C=O) groups is 1. The van der Waals surface area contributed by atoms with E-state index < -0.39 is 0 Å². The van der Waals surface area contributed by atoms with Gasteiger partial charge >= 0.3 is 0 Å². The molecule has 6 nitrogen and oxygen atoms in total. The summed E-state index contributed by atoms with van der Waals surface area (Å²) < 4.78 is 7.15. The summed E-state index contributed by atoms with van der Waals surface area (Å²) in [6, 6.07) is 11.3. The predicted octanol–water partition coefficient (Wildman–Crippen LogP) is 4.98. The van der Waals surface area contributed by atoms with Crippen molar-refractivity contribution < 1.29 is 9.53 Å². The van der Waals surface area contributed by atoms with Crippen LogP contribution in [0.1, 0.15) is 34.7 Å². The Morgan fingerprint density at radius 2 is 2.12 bits per heavy atom. The van der Waals surface area contributed by atoms with Crippen molar-refractivity contribution in [2.24, 2.45) is 0 Å². The van der Waals surface area contributed by atoms with Gasteiger partial charge in [0.25, 0.3) is 5.56 Å². The molecule has 33 heavy (non-hydrogen) atoms. The second-order valence-corrected chi connectivity index (χ2v) is 10.8. The first-order valence-corrected chi connectivity index (χ1v) is 13.4.